The summed E-state index contributed by atoms with van der Waals surface area (Å²) in [5.74, 6) is 0.0563. The first-order valence-electron chi connectivity index (χ1n) is 11.6. The van der Waals surface area contributed by atoms with E-state index in [1.54, 1.807) is 22.7 Å². The van der Waals surface area contributed by atoms with Gasteiger partial charge in [-0.3, -0.25) is 0 Å². The van der Waals surface area contributed by atoms with Crippen LogP contribution in [-0.4, -0.2) is 20.6 Å². The Labute approximate surface area is 228 Å². The van der Waals surface area contributed by atoms with Crippen LogP contribution in [0.15, 0.2) is 89.6 Å². The van der Waals surface area contributed by atoms with E-state index in [-0.39, 0.29) is 17.2 Å². The van der Waals surface area contributed by atoms with Crippen LogP contribution in [-0.2, 0) is 11.3 Å². The summed E-state index contributed by atoms with van der Waals surface area (Å²) >= 11 is 3.30. The van der Waals surface area contributed by atoms with Crippen LogP contribution in [0.25, 0.3) is 36.1 Å². The lowest BCUT2D eigenvalue weighted by Gasteiger charge is -2.21. The number of aromatic nitrogens is 3. The fraction of sp³-hybridized carbons (Fsp3) is 0.138. The highest BCUT2D eigenvalue weighted by atomic mass is 32.1. The van der Waals surface area contributed by atoms with Crippen LogP contribution in [0.4, 0.5) is 0 Å². The Kier molecular flexibility index (Phi) is 6.77. The molecule has 0 spiro atoms. The largest absolute Gasteiger partial charge is 0.505 e. The normalized spacial score (nSPS) is 15.7. The van der Waals surface area contributed by atoms with Gasteiger partial charge in [0.05, 0.1) is 36.8 Å². The molecule has 0 saturated heterocycles. The summed E-state index contributed by atoms with van der Waals surface area (Å²) in [6.07, 6.45) is 5.75. The van der Waals surface area contributed by atoms with Crippen LogP contribution in [0, 0.1) is 24.5 Å². The van der Waals surface area contributed by atoms with Crippen LogP contribution in [0.1, 0.15) is 24.3 Å². The summed E-state index contributed by atoms with van der Waals surface area (Å²) in [5, 5.41) is 17.9. The lowest BCUT2D eigenvalue weighted by atomic mass is 9.97. The number of nitrogens with zero attached hydrogens (tertiary/aromatic N) is 6. The zero-order valence-electron chi connectivity index (χ0n) is 20.5. The number of allylic oxidation sites excluding steroid dienone is 1. The number of hydrogen-bond donors (Lipinski definition) is 0. The van der Waals surface area contributed by atoms with Crippen molar-refractivity contribution in [1.29, 1.82) is 5.26 Å². The minimum atomic E-state index is -0.820. The van der Waals surface area contributed by atoms with E-state index in [9.17, 15) is 5.26 Å². The van der Waals surface area contributed by atoms with Gasteiger partial charge in [0.2, 0.25) is 5.70 Å². The third-order valence-electron chi connectivity index (χ3n) is 5.89. The number of benzene rings is 1. The van der Waals surface area contributed by atoms with Gasteiger partial charge in [-0.2, -0.15) is 0 Å². The molecule has 5 rings (SSSR count). The molecular weight excluding hydrogens is 512 g/mol. The van der Waals surface area contributed by atoms with Gasteiger partial charge in [-0.1, -0.05) is 41.6 Å². The maximum Gasteiger partial charge on any atom is 0.292 e. The number of ether oxygens (including phenoxy) is 1. The molecule has 7 nitrogen and oxygen atoms in total. The lowest BCUT2D eigenvalue weighted by Crippen LogP contribution is -2.20. The fourth-order valence-electron chi connectivity index (χ4n) is 4.05. The summed E-state index contributed by atoms with van der Waals surface area (Å²) in [6.45, 7) is 19.2. The van der Waals surface area contributed by atoms with Crippen LogP contribution < -0.4 is 0 Å². The van der Waals surface area contributed by atoms with Gasteiger partial charge in [-0.05, 0) is 49.8 Å². The molecule has 4 aromatic rings. The van der Waals surface area contributed by atoms with Crippen LogP contribution in [0.2, 0.25) is 0 Å². The highest BCUT2D eigenvalue weighted by Gasteiger charge is 2.38. The molecule has 3 aromatic heterocycles. The summed E-state index contributed by atoms with van der Waals surface area (Å²) in [7, 11) is 0. The van der Waals surface area contributed by atoms with Crippen molar-refractivity contribution in [3.8, 4) is 26.4 Å². The van der Waals surface area contributed by atoms with Gasteiger partial charge in [-0.25, -0.2) is 19.6 Å². The minimum Gasteiger partial charge on any atom is -0.505 e. The van der Waals surface area contributed by atoms with E-state index >= 15 is 0 Å². The standard InChI is InChI=1S/C29H20N6OS2/c1-29(2)21(27(32-4)28(36-29)22(16-30)31-3)12-10-20-11-13-25(37-20)26-15-14-24(38-26)23-18-35(34-33-23)17-19-8-6-5-7-9-19/h5-15,18H,17H2,1-2H3/b12-10+,28-22+. The SMILES string of the molecule is [C-]#[N+]C1=C(/C=C/c2ccc(-c3ccc(-c4cn(Cc5ccccc5)nn4)s3)s2)C(C)(C)O/C1=C(\C#N)[N+]#[C-]. The molecule has 38 heavy (non-hydrogen) atoms. The molecule has 0 bridgehead atoms. The zero-order valence-corrected chi connectivity index (χ0v) is 22.2. The van der Waals surface area contributed by atoms with E-state index in [2.05, 4.69) is 50.3 Å². The summed E-state index contributed by atoms with van der Waals surface area (Å²) < 4.78 is 7.69. The fourth-order valence-corrected chi connectivity index (χ4v) is 6.01. The third kappa shape index (κ3) is 4.92. The van der Waals surface area contributed by atoms with E-state index in [1.807, 2.05) is 67.2 Å². The smallest absolute Gasteiger partial charge is 0.292 e. The minimum absolute atomic E-state index is 0.0563. The molecule has 184 valence electrons. The molecule has 1 aliphatic rings. The quantitative estimate of drug-likeness (QED) is 0.191. The van der Waals surface area contributed by atoms with Crippen molar-refractivity contribution in [3.05, 3.63) is 123 Å². The first kappa shape index (κ1) is 24.9. The van der Waals surface area contributed by atoms with Crippen molar-refractivity contribution in [2.45, 2.75) is 26.0 Å². The molecule has 4 heterocycles. The molecule has 0 radical (unpaired) electrons. The van der Waals surface area contributed by atoms with E-state index < -0.39 is 5.60 Å². The Hall–Kier alpha value is -4.75. The maximum absolute atomic E-state index is 9.26. The number of nitriles is 1. The van der Waals surface area contributed by atoms with Crippen molar-refractivity contribution in [3.63, 3.8) is 0 Å². The number of rotatable bonds is 6. The molecule has 0 atom stereocenters. The molecule has 0 N–H and O–H groups in total. The Balaban J connectivity index is 1.35. The van der Waals surface area contributed by atoms with Crippen LogP contribution >= 0.6 is 22.7 Å². The van der Waals surface area contributed by atoms with Gasteiger partial charge in [0.25, 0.3) is 5.70 Å². The molecular formula is C29H20N6OS2. The van der Waals surface area contributed by atoms with E-state index in [4.69, 9.17) is 17.9 Å². The second-order valence-corrected chi connectivity index (χ2v) is 11.1. The predicted octanol–water partition coefficient (Wildman–Crippen LogP) is 7.43. The third-order valence-corrected chi connectivity index (χ3v) is 8.24. The highest BCUT2D eigenvalue weighted by molar-refractivity contribution is 7.24. The topological polar surface area (TPSA) is 72.5 Å². The zero-order chi connectivity index (χ0) is 26.7. The molecule has 1 aromatic carbocycles. The Morgan fingerprint density at radius 1 is 1.05 bits per heavy atom. The van der Waals surface area contributed by atoms with Crippen molar-refractivity contribution in [2.75, 3.05) is 0 Å². The highest BCUT2D eigenvalue weighted by Crippen LogP contribution is 2.42. The number of hydrogen-bond acceptors (Lipinski definition) is 6. The van der Waals surface area contributed by atoms with Gasteiger partial charge < -0.3 is 4.74 Å². The Morgan fingerprint density at radius 2 is 1.79 bits per heavy atom. The van der Waals surface area contributed by atoms with Crippen molar-refractivity contribution >= 4 is 28.7 Å². The Morgan fingerprint density at radius 3 is 2.53 bits per heavy atom. The molecule has 0 unspecified atom stereocenters. The molecule has 1 aliphatic heterocycles. The van der Waals surface area contributed by atoms with Gasteiger partial charge in [0, 0.05) is 20.2 Å². The van der Waals surface area contributed by atoms with Gasteiger partial charge in [-0.15, -0.1) is 27.8 Å². The van der Waals surface area contributed by atoms with E-state index in [0.29, 0.717) is 12.1 Å². The monoisotopic (exact) mass is 532 g/mol. The molecule has 9 heteroatoms. The number of thiophene rings is 2. The van der Waals surface area contributed by atoms with Gasteiger partial charge >= 0.3 is 0 Å². The first-order valence-corrected chi connectivity index (χ1v) is 13.2. The van der Waals surface area contributed by atoms with Crippen LogP contribution in [0.3, 0.4) is 0 Å². The van der Waals surface area contributed by atoms with Crippen LogP contribution in [0.5, 0.6) is 0 Å². The lowest BCUT2D eigenvalue weighted by molar-refractivity contribution is 0.0952. The van der Waals surface area contributed by atoms with E-state index in [0.717, 1.165) is 25.2 Å². The summed E-state index contributed by atoms with van der Waals surface area (Å²) in [5.41, 5.74) is 1.84. The molecule has 0 amide bonds. The van der Waals surface area contributed by atoms with Crippen molar-refractivity contribution in [1.82, 2.24) is 15.0 Å². The molecule has 0 fully saturated rings. The second kappa shape index (κ2) is 10.3. The first-order chi connectivity index (χ1) is 18.4. The average molecular weight is 533 g/mol. The van der Waals surface area contributed by atoms with E-state index in [1.165, 1.54) is 5.56 Å². The van der Waals surface area contributed by atoms with Gasteiger partial charge in [0.15, 0.2) is 0 Å². The molecule has 0 saturated carbocycles. The van der Waals surface area contributed by atoms with Gasteiger partial charge in [0.1, 0.15) is 17.1 Å². The average Bonchev–Trinajstić information content (AvgIpc) is 3.70. The summed E-state index contributed by atoms with van der Waals surface area (Å²) in [4.78, 5) is 11.1. The summed E-state index contributed by atoms with van der Waals surface area (Å²) in [6, 6.07) is 20.3. The predicted molar refractivity (Wildman–Crippen MR) is 149 cm³/mol. The molecule has 0 aliphatic carbocycles. The second-order valence-electron chi connectivity index (χ2n) is 8.87. The van der Waals surface area contributed by atoms with Crippen molar-refractivity contribution < 1.29 is 4.74 Å². The Bertz CT molecular complexity index is 1710. The maximum atomic E-state index is 9.26. The van der Waals surface area contributed by atoms with Crippen molar-refractivity contribution in [2.24, 2.45) is 0 Å².